The third-order valence-corrected chi connectivity index (χ3v) is 4.13. The van der Waals surface area contributed by atoms with E-state index in [1.54, 1.807) is 6.07 Å². The van der Waals surface area contributed by atoms with Crippen LogP contribution in [0.1, 0.15) is 46.7 Å². The van der Waals surface area contributed by atoms with Gasteiger partial charge in [-0.3, -0.25) is 14.6 Å². The molecule has 1 heterocycles. The first-order valence-electron chi connectivity index (χ1n) is 8.72. The number of benzene rings is 1. The smallest absolute Gasteiger partial charge is 0.269 e. The van der Waals surface area contributed by atoms with Crippen molar-refractivity contribution in [2.75, 3.05) is 13.1 Å². The molecule has 0 atom stereocenters. The number of rotatable bonds is 8. The summed E-state index contributed by atoms with van der Waals surface area (Å²) < 4.78 is 0. The summed E-state index contributed by atoms with van der Waals surface area (Å²) >= 11 is 5.85. The van der Waals surface area contributed by atoms with E-state index in [4.69, 9.17) is 11.6 Å². The topological polar surface area (TPSA) is 71.1 Å². The van der Waals surface area contributed by atoms with Gasteiger partial charge >= 0.3 is 0 Å². The number of nitrogens with zero attached hydrogens (tertiary/aromatic N) is 1. The fraction of sp³-hybridized carbons (Fsp3) is 0.350. The number of halogens is 1. The molecular formula is C20H24ClN3O2. The molecule has 0 unspecified atom stereocenters. The van der Waals surface area contributed by atoms with Crippen LogP contribution in [0.4, 0.5) is 0 Å². The maximum absolute atomic E-state index is 12.2. The fourth-order valence-corrected chi connectivity index (χ4v) is 2.46. The molecule has 2 N–H and O–H groups in total. The number of carbonyl (C=O) groups excluding carboxylic acids is 2. The Morgan fingerprint density at radius 1 is 1.04 bits per heavy atom. The van der Waals surface area contributed by atoms with E-state index in [9.17, 15) is 9.59 Å². The highest BCUT2D eigenvalue weighted by atomic mass is 35.5. The number of carbonyl (C=O) groups is 2. The van der Waals surface area contributed by atoms with Crippen LogP contribution in [0.5, 0.6) is 0 Å². The van der Waals surface area contributed by atoms with Crippen LogP contribution < -0.4 is 10.6 Å². The molecule has 0 fully saturated rings. The van der Waals surface area contributed by atoms with E-state index in [1.165, 1.54) is 12.3 Å². The highest BCUT2D eigenvalue weighted by Gasteiger charge is 2.11. The fourth-order valence-electron chi connectivity index (χ4n) is 2.33. The average Bonchev–Trinajstić information content (AvgIpc) is 2.63. The van der Waals surface area contributed by atoms with Crippen LogP contribution in [-0.2, 0) is 6.42 Å². The molecule has 2 aromatic rings. The van der Waals surface area contributed by atoms with Crippen molar-refractivity contribution in [1.29, 1.82) is 0 Å². The molecule has 6 heteroatoms. The Bertz CT molecular complexity index is 745. The molecule has 1 aromatic heterocycles. The standard InChI is InChI=1S/C20H24ClN3O2/c1-14(2)7-10-23-19(25)16-9-12-22-18(13-16)20(26)24-11-8-15-3-5-17(21)6-4-15/h3-6,9,12-14H,7-8,10-11H2,1-2H3,(H,23,25)(H,24,26). The molecule has 138 valence electrons. The minimum atomic E-state index is -0.296. The van der Waals surface area contributed by atoms with Gasteiger partial charge in [0, 0.05) is 29.9 Å². The summed E-state index contributed by atoms with van der Waals surface area (Å²) in [4.78, 5) is 28.4. The first-order valence-corrected chi connectivity index (χ1v) is 9.10. The zero-order valence-corrected chi connectivity index (χ0v) is 15.8. The van der Waals surface area contributed by atoms with Crippen LogP contribution >= 0.6 is 11.6 Å². The zero-order chi connectivity index (χ0) is 18.9. The van der Waals surface area contributed by atoms with Crippen molar-refractivity contribution in [3.8, 4) is 0 Å². The van der Waals surface area contributed by atoms with Crippen LogP contribution in [-0.4, -0.2) is 29.9 Å². The Labute approximate surface area is 159 Å². The number of hydrogen-bond donors (Lipinski definition) is 2. The van der Waals surface area contributed by atoms with Gasteiger partial charge in [0.2, 0.25) is 0 Å². The van der Waals surface area contributed by atoms with E-state index in [0.717, 1.165) is 12.0 Å². The second-order valence-electron chi connectivity index (χ2n) is 6.50. The van der Waals surface area contributed by atoms with Crippen molar-refractivity contribution >= 4 is 23.4 Å². The van der Waals surface area contributed by atoms with E-state index in [-0.39, 0.29) is 17.5 Å². The quantitative estimate of drug-likeness (QED) is 0.744. The van der Waals surface area contributed by atoms with Gasteiger partial charge in [-0.25, -0.2) is 0 Å². The summed E-state index contributed by atoms with van der Waals surface area (Å²) in [5.41, 5.74) is 1.75. The SMILES string of the molecule is CC(C)CCNC(=O)c1ccnc(C(=O)NCCc2ccc(Cl)cc2)c1. The van der Waals surface area contributed by atoms with Crippen molar-refractivity contribution in [2.24, 2.45) is 5.92 Å². The summed E-state index contributed by atoms with van der Waals surface area (Å²) in [6.45, 7) is 5.30. The molecule has 26 heavy (non-hydrogen) atoms. The molecular weight excluding hydrogens is 350 g/mol. The second kappa shape index (κ2) is 9.92. The Morgan fingerprint density at radius 3 is 2.42 bits per heavy atom. The molecule has 0 aliphatic rings. The predicted molar refractivity (Wildman–Crippen MR) is 104 cm³/mol. The van der Waals surface area contributed by atoms with Crippen LogP contribution in [0.3, 0.4) is 0 Å². The molecule has 0 aliphatic carbocycles. The van der Waals surface area contributed by atoms with Gasteiger partial charge in [-0.05, 0) is 48.6 Å². The number of amides is 2. The van der Waals surface area contributed by atoms with Gasteiger partial charge in [-0.2, -0.15) is 0 Å². The van der Waals surface area contributed by atoms with Gasteiger partial charge in [0.25, 0.3) is 11.8 Å². The summed E-state index contributed by atoms with van der Waals surface area (Å²) in [6.07, 6.45) is 3.08. The molecule has 0 bridgehead atoms. The van der Waals surface area contributed by atoms with Crippen molar-refractivity contribution in [3.05, 3.63) is 64.4 Å². The van der Waals surface area contributed by atoms with E-state index in [1.807, 2.05) is 24.3 Å². The molecule has 1 aromatic carbocycles. The minimum Gasteiger partial charge on any atom is -0.352 e. The summed E-state index contributed by atoms with van der Waals surface area (Å²) in [7, 11) is 0. The highest BCUT2D eigenvalue weighted by molar-refractivity contribution is 6.30. The molecule has 5 nitrogen and oxygen atoms in total. The van der Waals surface area contributed by atoms with Gasteiger partial charge in [-0.15, -0.1) is 0 Å². The lowest BCUT2D eigenvalue weighted by Gasteiger charge is -2.08. The Morgan fingerprint density at radius 2 is 1.73 bits per heavy atom. The summed E-state index contributed by atoms with van der Waals surface area (Å²) in [6, 6.07) is 10.6. The molecule has 0 saturated heterocycles. The number of hydrogen-bond acceptors (Lipinski definition) is 3. The van der Waals surface area contributed by atoms with E-state index in [0.29, 0.717) is 36.0 Å². The number of aromatic nitrogens is 1. The van der Waals surface area contributed by atoms with Crippen molar-refractivity contribution in [3.63, 3.8) is 0 Å². The Balaban J connectivity index is 1.86. The molecule has 0 aliphatic heterocycles. The summed E-state index contributed by atoms with van der Waals surface area (Å²) in [5, 5.41) is 6.36. The van der Waals surface area contributed by atoms with Crippen molar-refractivity contribution < 1.29 is 9.59 Å². The van der Waals surface area contributed by atoms with Gasteiger partial charge < -0.3 is 10.6 Å². The van der Waals surface area contributed by atoms with Gasteiger partial charge in [0.15, 0.2) is 0 Å². The average molecular weight is 374 g/mol. The maximum Gasteiger partial charge on any atom is 0.269 e. The van der Waals surface area contributed by atoms with Gasteiger partial charge in [-0.1, -0.05) is 37.6 Å². The van der Waals surface area contributed by atoms with E-state index < -0.39 is 0 Å². The van der Waals surface area contributed by atoms with E-state index in [2.05, 4.69) is 29.5 Å². The highest BCUT2D eigenvalue weighted by Crippen LogP contribution is 2.09. The van der Waals surface area contributed by atoms with Gasteiger partial charge in [0.05, 0.1) is 0 Å². The molecule has 0 radical (unpaired) electrons. The lowest BCUT2D eigenvalue weighted by Crippen LogP contribution is -2.28. The second-order valence-corrected chi connectivity index (χ2v) is 6.94. The monoisotopic (exact) mass is 373 g/mol. The lowest BCUT2D eigenvalue weighted by molar-refractivity contribution is 0.0949. The number of nitrogens with one attached hydrogen (secondary N) is 2. The third kappa shape index (κ3) is 6.48. The third-order valence-electron chi connectivity index (χ3n) is 3.87. The summed E-state index contributed by atoms with van der Waals surface area (Å²) in [5.74, 6) is 0.0359. The Hall–Kier alpha value is -2.40. The molecule has 2 amide bonds. The predicted octanol–water partition coefficient (Wildman–Crippen LogP) is 3.48. The van der Waals surface area contributed by atoms with Crippen molar-refractivity contribution in [1.82, 2.24) is 15.6 Å². The van der Waals surface area contributed by atoms with Crippen LogP contribution in [0.2, 0.25) is 5.02 Å². The minimum absolute atomic E-state index is 0.191. The number of pyridine rings is 1. The van der Waals surface area contributed by atoms with Crippen molar-refractivity contribution in [2.45, 2.75) is 26.7 Å². The van der Waals surface area contributed by atoms with E-state index >= 15 is 0 Å². The lowest BCUT2D eigenvalue weighted by atomic mass is 10.1. The van der Waals surface area contributed by atoms with Crippen LogP contribution in [0, 0.1) is 5.92 Å². The molecule has 0 spiro atoms. The first kappa shape index (κ1) is 19.9. The first-order chi connectivity index (χ1) is 12.5. The van der Waals surface area contributed by atoms with Gasteiger partial charge in [0.1, 0.15) is 5.69 Å². The largest absolute Gasteiger partial charge is 0.352 e. The molecule has 2 rings (SSSR count). The molecule has 0 saturated carbocycles. The Kier molecular flexibility index (Phi) is 7.60. The van der Waals surface area contributed by atoms with Crippen LogP contribution in [0.25, 0.3) is 0 Å². The normalized spacial score (nSPS) is 10.6. The van der Waals surface area contributed by atoms with Crippen LogP contribution in [0.15, 0.2) is 42.6 Å². The maximum atomic E-state index is 12.2. The zero-order valence-electron chi connectivity index (χ0n) is 15.1.